The number of anilines is 2. The number of hydrogen-bond donors (Lipinski definition) is 1. The zero-order chi connectivity index (χ0) is 11.5. The van der Waals surface area contributed by atoms with Gasteiger partial charge in [-0.3, -0.25) is 0 Å². The van der Waals surface area contributed by atoms with Crippen molar-refractivity contribution in [1.29, 1.82) is 0 Å². The van der Waals surface area contributed by atoms with Crippen LogP contribution >= 0.6 is 0 Å². The van der Waals surface area contributed by atoms with Crippen LogP contribution in [0.3, 0.4) is 0 Å². The Morgan fingerprint density at radius 1 is 1.19 bits per heavy atom. The van der Waals surface area contributed by atoms with Crippen molar-refractivity contribution >= 4 is 11.9 Å². The molecule has 0 aromatic carbocycles. The van der Waals surface area contributed by atoms with E-state index < -0.39 is 0 Å². The summed E-state index contributed by atoms with van der Waals surface area (Å²) >= 11 is 0. The average molecular weight is 223 g/mol. The number of nitrogen functional groups attached to an aromatic ring is 1. The molecule has 88 valence electrons. The number of rotatable bonds is 3. The van der Waals surface area contributed by atoms with Gasteiger partial charge in [-0.2, -0.15) is 15.0 Å². The molecule has 2 heterocycles. The third-order valence-electron chi connectivity index (χ3n) is 2.35. The molecule has 0 saturated carbocycles. The van der Waals surface area contributed by atoms with Crippen LogP contribution in [0.25, 0.3) is 0 Å². The van der Waals surface area contributed by atoms with Crippen molar-refractivity contribution in [3.63, 3.8) is 0 Å². The molecular weight excluding hydrogens is 206 g/mol. The highest BCUT2D eigenvalue weighted by Gasteiger charge is 2.17. The Bertz CT molecular complexity index is 362. The summed E-state index contributed by atoms with van der Waals surface area (Å²) in [6.07, 6.45) is 2.38. The lowest BCUT2D eigenvalue weighted by atomic mass is 10.4. The summed E-state index contributed by atoms with van der Waals surface area (Å²) < 4.78 is 5.43. The number of aromatic nitrogens is 3. The monoisotopic (exact) mass is 223 g/mol. The Morgan fingerprint density at radius 3 is 2.50 bits per heavy atom. The Balaban J connectivity index is 2.20. The molecule has 1 fully saturated rings. The molecule has 6 nitrogen and oxygen atoms in total. The lowest BCUT2D eigenvalue weighted by Crippen LogP contribution is -2.22. The van der Waals surface area contributed by atoms with Crippen LogP contribution in [0.5, 0.6) is 6.01 Å². The van der Waals surface area contributed by atoms with Crippen molar-refractivity contribution < 1.29 is 4.74 Å². The highest BCUT2D eigenvalue weighted by Crippen LogP contribution is 2.18. The molecule has 2 N–H and O–H groups in total. The Kier molecular flexibility index (Phi) is 3.07. The first kappa shape index (κ1) is 10.9. The highest BCUT2D eigenvalue weighted by molar-refractivity contribution is 5.36. The molecule has 1 aliphatic heterocycles. The SMILES string of the molecule is CC(C)Oc1nc(N)nc(N2CCCC2)n1. The molecule has 6 heteroatoms. The quantitative estimate of drug-likeness (QED) is 0.818. The van der Waals surface area contributed by atoms with Crippen LogP contribution in [0.1, 0.15) is 26.7 Å². The first-order chi connectivity index (χ1) is 7.65. The van der Waals surface area contributed by atoms with Gasteiger partial charge in [-0.15, -0.1) is 0 Å². The maximum absolute atomic E-state index is 5.63. The second-order valence-electron chi connectivity index (χ2n) is 4.14. The van der Waals surface area contributed by atoms with E-state index in [2.05, 4.69) is 19.9 Å². The fourth-order valence-corrected chi connectivity index (χ4v) is 1.68. The molecule has 0 atom stereocenters. The first-order valence-electron chi connectivity index (χ1n) is 5.58. The molecular formula is C10H17N5O. The average Bonchev–Trinajstić information content (AvgIpc) is 2.67. The van der Waals surface area contributed by atoms with E-state index in [1.165, 1.54) is 12.8 Å². The lowest BCUT2D eigenvalue weighted by molar-refractivity contribution is 0.222. The maximum atomic E-state index is 5.63. The molecule has 1 saturated heterocycles. The summed E-state index contributed by atoms with van der Waals surface area (Å²) in [7, 11) is 0. The van der Waals surface area contributed by atoms with Crippen LogP contribution < -0.4 is 15.4 Å². The third-order valence-corrected chi connectivity index (χ3v) is 2.35. The second-order valence-corrected chi connectivity index (χ2v) is 4.14. The molecule has 2 rings (SSSR count). The Hall–Kier alpha value is -1.59. The van der Waals surface area contributed by atoms with E-state index in [0.29, 0.717) is 12.0 Å². The van der Waals surface area contributed by atoms with E-state index in [9.17, 15) is 0 Å². The Morgan fingerprint density at radius 2 is 1.88 bits per heavy atom. The summed E-state index contributed by atoms with van der Waals surface area (Å²) in [5, 5.41) is 0. The van der Waals surface area contributed by atoms with Gasteiger partial charge >= 0.3 is 6.01 Å². The smallest absolute Gasteiger partial charge is 0.323 e. The van der Waals surface area contributed by atoms with Crippen molar-refractivity contribution in [3.8, 4) is 6.01 Å². The molecule has 0 amide bonds. The molecule has 0 spiro atoms. The number of nitrogens with zero attached hydrogens (tertiary/aromatic N) is 4. The van der Waals surface area contributed by atoms with E-state index in [-0.39, 0.29) is 12.1 Å². The van der Waals surface area contributed by atoms with E-state index in [4.69, 9.17) is 10.5 Å². The molecule has 1 aromatic rings. The van der Waals surface area contributed by atoms with Crippen LogP contribution in [0.15, 0.2) is 0 Å². The van der Waals surface area contributed by atoms with Gasteiger partial charge in [0.15, 0.2) is 0 Å². The van der Waals surface area contributed by atoms with Crippen LogP contribution in [-0.4, -0.2) is 34.1 Å². The van der Waals surface area contributed by atoms with Crippen LogP contribution in [0.2, 0.25) is 0 Å². The molecule has 0 bridgehead atoms. The minimum atomic E-state index is 0.0354. The molecule has 0 unspecified atom stereocenters. The van der Waals surface area contributed by atoms with Gasteiger partial charge in [-0.1, -0.05) is 0 Å². The summed E-state index contributed by atoms with van der Waals surface area (Å²) in [5.74, 6) is 0.841. The zero-order valence-corrected chi connectivity index (χ0v) is 9.68. The van der Waals surface area contributed by atoms with E-state index in [0.717, 1.165) is 13.1 Å². The van der Waals surface area contributed by atoms with Gasteiger partial charge < -0.3 is 15.4 Å². The number of ether oxygens (including phenoxy) is 1. The largest absolute Gasteiger partial charge is 0.461 e. The number of nitrogens with two attached hydrogens (primary N) is 1. The van der Waals surface area contributed by atoms with Crippen molar-refractivity contribution in [2.24, 2.45) is 0 Å². The fraction of sp³-hybridized carbons (Fsp3) is 0.700. The number of hydrogen-bond acceptors (Lipinski definition) is 6. The van der Waals surface area contributed by atoms with Crippen molar-refractivity contribution in [2.75, 3.05) is 23.7 Å². The van der Waals surface area contributed by atoms with Crippen LogP contribution in [0.4, 0.5) is 11.9 Å². The standard InChI is InChI=1S/C10H17N5O/c1-7(2)16-10-13-8(11)12-9(14-10)15-5-3-4-6-15/h7H,3-6H2,1-2H3,(H2,11,12,13,14). The predicted molar refractivity (Wildman–Crippen MR) is 61.5 cm³/mol. The predicted octanol–water partition coefficient (Wildman–Crippen LogP) is 0.841. The van der Waals surface area contributed by atoms with Gasteiger partial charge in [0.05, 0.1) is 6.10 Å². The van der Waals surface area contributed by atoms with Gasteiger partial charge in [0.2, 0.25) is 11.9 Å². The van der Waals surface area contributed by atoms with Gasteiger partial charge in [-0.05, 0) is 26.7 Å². The van der Waals surface area contributed by atoms with Crippen molar-refractivity contribution in [2.45, 2.75) is 32.8 Å². The highest BCUT2D eigenvalue weighted by atomic mass is 16.5. The fourth-order valence-electron chi connectivity index (χ4n) is 1.68. The summed E-state index contributed by atoms with van der Waals surface area (Å²) in [6, 6.07) is 0.310. The van der Waals surface area contributed by atoms with E-state index in [1.54, 1.807) is 0 Å². The molecule has 1 aliphatic rings. The summed E-state index contributed by atoms with van der Waals surface area (Å²) in [4.78, 5) is 14.4. The first-order valence-corrected chi connectivity index (χ1v) is 5.58. The normalized spacial score (nSPS) is 15.8. The third kappa shape index (κ3) is 2.50. The van der Waals surface area contributed by atoms with Crippen molar-refractivity contribution in [1.82, 2.24) is 15.0 Å². The topological polar surface area (TPSA) is 77.2 Å². The molecule has 1 aromatic heterocycles. The van der Waals surface area contributed by atoms with Gasteiger partial charge in [0, 0.05) is 13.1 Å². The van der Waals surface area contributed by atoms with Crippen LogP contribution in [-0.2, 0) is 0 Å². The summed E-state index contributed by atoms with van der Waals surface area (Å²) in [5.41, 5.74) is 5.63. The van der Waals surface area contributed by atoms with Gasteiger partial charge in [0.25, 0.3) is 0 Å². The molecule has 0 radical (unpaired) electrons. The second kappa shape index (κ2) is 4.51. The van der Waals surface area contributed by atoms with Crippen molar-refractivity contribution in [3.05, 3.63) is 0 Å². The van der Waals surface area contributed by atoms with E-state index in [1.807, 2.05) is 13.8 Å². The maximum Gasteiger partial charge on any atom is 0.323 e. The van der Waals surface area contributed by atoms with Crippen LogP contribution in [0, 0.1) is 0 Å². The molecule has 0 aliphatic carbocycles. The Labute approximate surface area is 94.9 Å². The molecule has 16 heavy (non-hydrogen) atoms. The zero-order valence-electron chi connectivity index (χ0n) is 9.68. The van der Waals surface area contributed by atoms with Gasteiger partial charge in [0.1, 0.15) is 0 Å². The minimum absolute atomic E-state index is 0.0354. The lowest BCUT2D eigenvalue weighted by Gasteiger charge is -2.16. The van der Waals surface area contributed by atoms with Gasteiger partial charge in [-0.25, -0.2) is 0 Å². The van der Waals surface area contributed by atoms with E-state index >= 15 is 0 Å². The minimum Gasteiger partial charge on any atom is -0.461 e. The summed E-state index contributed by atoms with van der Waals surface area (Å²) in [6.45, 7) is 5.81.